The van der Waals surface area contributed by atoms with E-state index in [1.165, 1.54) is 27.0 Å². The van der Waals surface area contributed by atoms with Gasteiger partial charge in [0.1, 0.15) is 4.21 Å². The molecule has 0 saturated heterocycles. The number of benzene rings is 1. The Balaban J connectivity index is 1.81. The average Bonchev–Trinajstić information content (AvgIpc) is 3.39. The number of thiophene rings is 1. The second kappa shape index (κ2) is 6.42. The van der Waals surface area contributed by atoms with Gasteiger partial charge >= 0.3 is 0 Å². The van der Waals surface area contributed by atoms with Gasteiger partial charge in [0.2, 0.25) is 0 Å². The zero-order valence-electron chi connectivity index (χ0n) is 14.1. The Kier molecular flexibility index (Phi) is 4.22. The molecule has 0 radical (unpaired) electrons. The van der Waals surface area contributed by atoms with Gasteiger partial charge < -0.3 is 10.3 Å². The lowest BCUT2D eigenvalue weighted by molar-refractivity contribution is 0.596. The summed E-state index contributed by atoms with van der Waals surface area (Å²) in [6.07, 6.45) is 0. The van der Waals surface area contributed by atoms with Gasteiger partial charge in [-0.1, -0.05) is 18.2 Å². The summed E-state index contributed by atoms with van der Waals surface area (Å²) in [4.78, 5) is 7.83. The quantitative estimate of drug-likeness (QED) is 0.522. The molecule has 1 aromatic carbocycles. The van der Waals surface area contributed by atoms with Crippen LogP contribution in [0.4, 0.5) is 10.8 Å². The lowest BCUT2D eigenvalue weighted by Crippen LogP contribution is -2.26. The van der Waals surface area contributed by atoms with Crippen LogP contribution in [0.3, 0.4) is 0 Å². The fourth-order valence-electron chi connectivity index (χ4n) is 2.73. The average molecular weight is 405 g/mol. The molecular formula is C17H16N4O2S3. The van der Waals surface area contributed by atoms with E-state index in [1.807, 2.05) is 30.6 Å². The van der Waals surface area contributed by atoms with Crippen molar-refractivity contribution < 1.29 is 8.42 Å². The van der Waals surface area contributed by atoms with Gasteiger partial charge in [-0.3, -0.25) is 4.31 Å². The van der Waals surface area contributed by atoms with Crippen LogP contribution in [-0.2, 0) is 10.0 Å². The van der Waals surface area contributed by atoms with Crippen LogP contribution in [0.2, 0.25) is 0 Å². The number of thiazole rings is 1. The molecule has 0 amide bonds. The normalized spacial score (nSPS) is 11.8. The molecule has 26 heavy (non-hydrogen) atoms. The highest BCUT2D eigenvalue weighted by Crippen LogP contribution is 2.34. The summed E-state index contributed by atoms with van der Waals surface area (Å²) in [6.45, 7) is 0. The van der Waals surface area contributed by atoms with Crippen LogP contribution >= 0.6 is 22.7 Å². The lowest BCUT2D eigenvalue weighted by atomic mass is 10.2. The number of aromatic amines is 1. The molecule has 0 aliphatic carbocycles. The Morgan fingerprint density at radius 1 is 1.19 bits per heavy atom. The van der Waals surface area contributed by atoms with E-state index >= 15 is 0 Å². The summed E-state index contributed by atoms with van der Waals surface area (Å²) < 4.78 is 27.4. The van der Waals surface area contributed by atoms with Gasteiger partial charge in [-0.2, -0.15) is 0 Å². The van der Waals surface area contributed by atoms with Gasteiger partial charge in [-0.05, 0) is 23.6 Å². The van der Waals surface area contributed by atoms with E-state index in [4.69, 9.17) is 0 Å². The molecule has 3 heterocycles. The van der Waals surface area contributed by atoms with Crippen molar-refractivity contribution in [2.24, 2.45) is 0 Å². The molecule has 0 saturated carbocycles. The van der Waals surface area contributed by atoms with Crippen LogP contribution in [0, 0.1) is 0 Å². The topological polar surface area (TPSA) is 78.1 Å². The Morgan fingerprint density at radius 3 is 2.73 bits per heavy atom. The summed E-state index contributed by atoms with van der Waals surface area (Å²) in [5, 5.41) is 8.51. The van der Waals surface area contributed by atoms with Crippen LogP contribution in [0.25, 0.3) is 22.3 Å². The maximum absolute atomic E-state index is 12.9. The molecule has 0 bridgehead atoms. The van der Waals surface area contributed by atoms with Crippen molar-refractivity contribution in [1.29, 1.82) is 0 Å². The highest BCUT2D eigenvalue weighted by atomic mass is 32.2. The van der Waals surface area contributed by atoms with Crippen LogP contribution < -0.4 is 9.62 Å². The SMILES string of the molecule is CNc1nc(-c2cc3cccc(N(C)S(=O)(=O)c4cccs4)c3[nH]2)cs1. The van der Waals surface area contributed by atoms with E-state index in [-0.39, 0.29) is 0 Å². The molecule has 0 spiro atoms. The molecule has 3 aromatic heterocycles. The van der Waals surface area contributed by atoms with Gasteiger partial charge in [0, 0.05) is 24.9 Å². The number of aromatic nitrogens is 2. The zero-order valence-corrected chi connectivity index (χ0v) is 16.5. The van der Waals surface area contributed by atoms with Crippen LogP contribution in [0.1, 0.15) is 0 Å². The van der Waals surface area contributed by atoms with E-state index < -0.39 is 10.0 Å². The monoisotopic (exact) mass is 404 g/mol. The Bertz CT molecular complexity index is 1160. The fraction of sp³-hybridized carbons (Fsp3) is 0.118. The number of para-hydroxylation sites is 1. The van der Waals surface area contributed by atoms with Crippen LogP contribution in [0.15, 0.2) is 51.4 Å². The first-order valence-electron chi connectivity index (χ1n) is 7.78. The third-order valence-electron chi connectivity index (χ3n) is 4.08. The van der Waals surface area contributed by atoms with Gasteiger partial charge in [-0.25, -0.2) is 13.4 Å². The van der Waals surface area contributed by atoms with Crippen molar-refractivity contribution in [2.45, 2.75) is 4.21 Å². The maximum atomic E-state index is 12.9. The van der Waals surface area contributed by atoms with Gasteiger partial charge in [0.25, 0.3) is 10.0 Å². The molecule has 2 N–H and O–H groups in total. The molecule has 6 nitrogen and oxygen atoms in total. The second-order valence-electron chi connectivity index (χ2n) is 5.62. The fourth-order valence-corrected chi connectivity index (χ4v) is 5.77. The second-order valence-corrected chi connectivity index (χ2v) is 9.62. The van der Waals surface area contributed by atoms with Crippen LogP contribution in [0.5, 0.6) is 0 Å². The van der Waals surface area contributed by atoms with Crippen molar-refractivity contribution >= 4 is 54.4 Å². The summed E-state index contributed by atoms with van der Waals surface area (Å²) in [5.41, 5.74) is 3.05. The first-order valence-corrected chi connectivity index (χ1v) is 11.0. The van der Waals surface area contributed by atoms with Gasteiger partial charge in [-0.15, -0.1) is 22.7 Å². The van der Waals surface area contributed by atoms with Gasteiger partial charge in [0.05, 0.1) is 22.6 Å². The van der Waals surface area contributed by atoms with E-state index in [0.717, 1.165) is 27.4 Å². The number of nitrogens with zero attached hydrogens (tertiary/aromatic N) is 2. The number of hydrogen-bond acceptors (Lipinski definition) is 6. The lowest BCUT2D eigenvalue weighted by Gasteiger charge is -2.19. The number of sulfonamides is 1. The smallest absolute Gasteiger partial charge is 0.273 e. The highest BCUT2D eigenvalue weighted by Gasteiger charge is 2.24. The van der Waals surface area contributed by atoms with Crippen LogP contribution in [-0.4, -0.2) is 32.5 Å². The molecule has 0 unspecified atom stereocenters. The van der Waals surface area contributed by atoms with E-state index in [1.54, 1.807) is 30.6 Å². The first kappa shape index (κ1) is 17.1. The molecule has 4 aromatic rings. The molecule has 0 atom stereocenters. The van der Waals surface area contributed by atoms with Crippen molar-refractivity contribution in [3.05, 3.63) is 47.2 Å². The summed E-state index contributed by atoms with van der Waals surface area (Å²) >= 11 is 2.73. The molecule has 4 rings (SSSR count). The van der Waals surface area contributed by atoms with E-state index in [0.29, 0.717) is 9.90 Å². The Hall–Kier alpha value is -2.36. The predicted octanol–water partition coefficient (Wildman–Crippen LogP) is 4.22. The molecule has 0 aliphatic rings. The Labute approximate surface area is 159 Å². The number of rotatable bonds is 5. The minimum atomic E-state index is -3.59. The first-order chi connectivity index (χ1) is 12.5. The molecule has 0 fully saturated rings. The molecular weight excluding hydrogens is 388 g/mol. The van der Waals surface area contributed by atoms with Crippen molar-refractivity contribution in [3.63, 3.8) is 0 Å². The predicted molar refractivity (Wildman–Crippen MR) is 109 cm³/mol. The number of fused-ring (bicyclic) bond motifs is 1. The minimum Gasteiger partial charge on any atom is -0.365 e. The number of hydrogen-bond donors (Lipinski definition) is 2. The summed E-state index contributed by atoms with van der Waals surface area (Å²) in [5.74, 6) is 0. The number of nitrogens with one attached hydrogen (secondary N) is 2. The zero-order chi connectivity index (χ0) is 18.3. The van der Waals surface area contributed by atoms with Gasteiger partial charge in [0.15, 0.2) is 5.13 Å². The number of anilines is 2. The molecule has 9 heteroatoms. The standard InChI is InChI=1S/C17H16N4O2S3/c1-18-17-20-13(10-25-17)12-9-11-5-3-6-14(16(11)19-12)21(2)26(22,23)15-7-4-8-24-15/h3-10,19H,1-2H3,(H,18,20). The Morgan fingerprint density at radius 2 is 2.04 bits per heavy atom. The maximum Gasteiger partial charge on any atom is 0.273 e. The van der Waals surface area contributed by atoms with Crippen molar-refractivity contribution in [2.75, 3.05) is 23.7 Å². The number of H-pyrrole nitrogens is 1. The van der Waals surface area contributed by atoms with E-state index in [9.17, 15) is 8.42 Å². The van der Waals surface area contributed by atoms with E-state index in [2.05, 4.69) is 15.3 Å². The minimum absolute atomic E-state index is 0.321. The molecule has 0 aliphatic heterocycles. The van der Waals surface area contributed by atoms with Crippen molar-refractivity contribution in [3.8, 4) is 11.4 Å². The summed E-state index contributed by atoms with van der Waals surface area (Å²) in [7, 11) is -0.182. The third-order valence-corrected chi connectivity index (χ3v) is 8.08. The van der Waals surface area contributed by atoms with Crippen molar-refractivity contribution in [1.82, 2.24) is 9.97 Å². The third kappa shape index (κ3) is 2.77. The highest BCUT2D eigenvalue weighted by molar-refractivity contribution is 7.94. The summed E-state index contributed by atoms with van der Waals surface area (Å²) in [6, 6.07) is 10.9. The molecule has 134 valence electrons. The largest absolute Gasteiger partial charge is 0.365 e.